The van der Waals surface area contributed by atoms with Crippen LogP contribution < -0.4 is 25.4 Å². The van der Waals surface area contributed by atoms with Crippen molar-refractivity contribution in [3.8, 4) is 22.6 Å². The Hall–Kier alpha value is -1.06. The van der Waals surface area contributed by atoms with Crippen LogP contribution in [0.3, 0.4) is 0 Å². The van der Waals surface area contributed by atoms with Gasteiger partial charge in [-0.05, 0) is 79.5 Å². The minimum Gasteiger partial charge on any atom is -0.489 e. The molecule has 0 N–H and O–H groups in total. The summed E-state index contributed by atoms with van der Waals surface area (Å²) in [5.41, 5.74) is 2.38. The second-order valence-electron chi connectivity index (χ2n) is 8.71. The van der Waals surface area contributed by atoms with Crippen LogP contribution in [0.15, 0.2) is 48.5 Å². The summed E-state index contributed by atoms with van der Waals surface area (Å²) >= 11 is 2.36. The lowest BCUT2D eigenvalue weighted by Crippen LogP contribution is -2.15. The van der Waals surface area contributed by atoms with Crippen LogP contribution in [-0.4, -0.2) is 38.6 Å². The van der Waals surface area contributed by atoms with E-state index in [2.05, 4.69) is 98.8 Å². The Kier molecular flexibility index (Phi) is 6.48. The van der Waals surface area contributed by atoms with Crippen molar-refractivity contribution in [1.82, 2.24) is 0 Å². The molecule has 2 fully saturated rings. The Balaban J connectivity index is 1.34. The highest BCUT2D eigenvalue weighted by Gasteiger charge is 2.25. The highest BCUT2D eigenvalue weighted by Crippen LogP contribution is 2.33. The van der Waals surface area contributed by atoms with Gasteiger partial charge in [0, 0.05) is 15.9 Å². The van der Waals surface area contributed by atoms with Crippen LogP contribution >= 0.6 is 50.3 Å². The Labute approximate surface area is 219 Å². The van der Waals surface area contributed by atoms with E-state index in [4.69, 9.17) is 18.9 Å². The summed E-state index contributed by atoms with van der Waals surface area (Å²) in [7, 11) is 8.53. The van der Waals surface area contributed by atoms with E-state index in [1.807, 2.05) is 0 Å². The third kappa shape index (κ3) is 4.69. The van der Waals surface area contributed by atoms with Gasteiger partial charge in [-0.2, -0.15) is 0 Å². The van der Waals surface area contributed by atoms with E-state index < -0.39 is 0 Å². The van der Waals surface area contributed by atoms with E-state index in [0.29, 0.717) is 13.2 Å². The van der Waals surface area contributed by atoms with Crippen LogP contribution in [0.2, 0.25) is 0 Å². The quantitative estimate of drug-likeness (QED) is 0.176. The normalized spacial score (nSPS) is 18.9. The van der Waals surface area contributed by atoms with Gasteiger partial charge in [-0.15, -0.1) is 27.7 Å². The third-order valence-electron chi connectivity index (χ3n) is 6.21. The monoisotopic (exact) mass is 620 g/mol. The Morgan fingerprint density at radius 3 is 1.79 bits per heavy atom. The topological polar surface area (TPSA) is 43.5 Å². The molecule has 4 nitrogen and oxygen atoms in total. The van der Waals surface area contributed by atoms with Crippen molar-refractivity contribution >= 4 is 87.8 Å². The molecule has 8 heteroatoms. The molecule has 0 aromatic heterocycles. The number of fused-ring (bicyclic) bond motifs is 2. The predicted octanol–water partition coefficient (Wildman–Crippen LogP) is 4.32. The van der Waals surface area contributed by atoms with Crippen molar-refractivity contribution in [2.45, 2.75) is 12.2 Å². The van der Waals surface area contributed by atoms with Gasteiger partial charge in [0.2, 0.25) is 0 Å². The number of benzene rings is 4. The van der Waals surface area contributed by atoms with Gasteiger partial charge in [0.25, 0.3) is 0 Å². The first-order chi connectivity index (χ1) is 16.5. The van der Waals surface area contributed by atoms with Gasteiger partial charge in [0.05, 0.1) is 16.8 Å². The molecule has 0 aliphatic carbocycles. The lowest BCUT2D eigenvalue weighted by Gasteiger charge is -2.15. The summed E-state index contributed by atoms with van der Waals surface area (Å²) < 4.78 is 23.8. The average Bonchev–Trinajstić information content (AvgIpc) is 3.73. The fourth-order valence-corrected chi connectivity index (χ4v) is 6.84. The first-order valence-electron chi connectivity index (χ1n) is 11.1. The van der Waals surface area contributed by atoms with Gasteiger partial charge < -0.3 is 18.9 Å². The standard InChI is InChI=1S/C26H24IO4P3/c27-21-7-15-5-13(1-3-19(15)25(33)23(21)30-11-17-9-28-17)14-2-4-20-16(6-14)8-22(32)24(26(20)34)31-12-18-10-29-18/h1-8,17-18H,9-12,32-34H2. The smallest absolute Gasteiger partial charge is 0.140 e. The van der Waals surface area contributed by atoms with E-state index in [1.54, 1.807) is 0 Å². The van der Waals surface area contributed by atoms with E-state index >= 15 is 0 Å². The number of halogens is 1. The molecular weight excluding hydrogens is 596 g/mol. The molecule has 34 heavy (non-hydrogen) atoms. The number of epoxide rings is 2. The summed E-state index contributed by atoms with van der Waals surface area (Å²) in [6, 6.07) is 17.6. The Morgan fingerprint density at radius 2 is 1.24 bits per heavy atom. The highest BCUT2D eigenvalue weighted by molar-refractivity contribution is 14.1. The van der Waals surface area contributed by atoms with Crippen molar-refractivity contribution in [3.05, 3.63) is 52.1 Å². The second kappa shape index (κ2) is 9.43. The van der Waals surface area contributed by atoms with Gasteiger partial charge in [0.1, 0.15) is 36.9 Å². The van der Waals surface area contributed by atoms with Gasteiger partial charge in [-0.1, -0.05) is 24.3 Å². The molecule has 0 bridgehead atoms. The van der Waals surface area contributed by atoms with Gasteiger partial charge in [-0.25, -0.2) is 0 Å². The summed E-state index contributed by atoms with van der Waals surface area (Å²) in [6.07, 6.45) is 0.477. The molecule has 2 aliphatic rings. The lowest BCUT2D eigenvalue weighted by molar-refractivity contribution is 0.263. The molecule has 0 saturated carbocycles. The fraction of sp³-hybridized carbons (Fsp3) is 0.231. The molecule has 2 saturated heterocycles. The molecule has 6 rings (SSSR count). The second-order valence-corrected chi connectivity index (χ2v) is 11.7. The zero-order chi connectivity index (χ0) is 23.4. The predicted molar refractivity (Wildman–Crippen MR) is 158 cm³/mol. The van der Waals surface area contributed by atoms with Gasteiger partial charge >= 0.3 is 0 Å². The first kappa shape index (κ1) is 23.3. The first-order valence-corrected chi connectivity index (χ1v) is 13.9. The molecule has 5 atom stereocenters. The molecule has 0 amide bonds. The highest BCUT2D eigenvalue weighted by atomic mass is 127. The van der Waals surface area contributed by atoms with Crippen LogP contribution in [-0.2, 0) is 9.47 Å². The maximum Gasteiger partial charge on any atom is 0.140 e. The largest absolute Gasteiger partial charge is 0.489 e. The minimum atomic E-state index is 0.236. The van der Waals surface area contributed by atoms with Crippen LogP contribution in [0.25, 0.3) is 32.7 Å². The van der Waals surface area contributed by atoms with Crippen LogP contribution in [0.4, 0.5) is 0 Å². The summed E-state index contributed by atoms with van der Waals surface area (Å²) in [4.78, 5) is 0. The number of ether oxygens (including phenoxy) is 4. The van der Waals surface area contributed by atoms with Crippen molar-refractivity contribution < 1.29 is 18.9 Å². The summed E-state index contributed by atoms with van der Waals surface area (Å²) in [5.74, 6) is 1.84. The Morgan fingerprint density at radius 1 is 0.735 bits per heavy atom. The molecule has 174 valence electrons. The van der Waals surface area contributed by atoms with Crippen LogP contribution in [0, 0.1) is 3.57 Å². The summed E-state index contributed by atoms with van der Waals surface area (Å²) in [5, 5.41) is 7.98. The number of hydrogen-bond acceptors (Lipinski definition) is 4. The molecule has 5 unspecified atom stereocenters. The molecule has 0 spiro atoms. The van der Waals surface area contributed by atoms with Crippen LogP contribution in [0.5, 0.6) is 11.5 Å². The van der Waals surface area contributed by atoms with Gasteiger partial charge in [0.15, 0.2) is 0 Å². The molecule has 2 aliphatic heterocycles. The Bertz CT molecular complexity index is 1320. The zero-order valence-electron chi connectivity index (χ0n) is 18.3. The zero-order valence-corrected chi connectivity index (χ0v) is 24.0. The van der Waals surface area contributed by atoms with Crippen molar-refractivity contribution in [2.75, 3.05) is 26.4 Å². The van der Waals surface area contributed by atoms with E-state index in [-0.39, 0.29) is 12.2 Å². The maximum atomic E-state index is 6.05. The van der Waals surface area contributed by atoms with E-state index in [1.165, 1.54) is 32.7 Å². The molecule has 4 aromatic carbocycles. The molecule has 2 heterocycles. The lowest BCUT2D eigenvalue weighted by atomic mass is 9.98. The fourth-order valence-electron chi connectivity index (χ4n) is 4.17. The SMILES string of the molecule is Pc1cc2cc(-c3ccc4c(P)c(OCC5CO5)c(I)cc4c3)ccc2c(P)c1OCC1CO1. The van der Waals surface area contributed by atoms with E-state index in [0.717, 1.165) is 44.2 Å². The van der Waals surface area contributed by atoms with Crippen molar-refractivity contribution in [2.24, 2.45) is 0 Å². The maximum absolute atomic E-state index is 6.05. The van der Waals surface area contributed by atoms with Crippen molar-refractivity contribution in [3.63, 3.8) is 0 Å². The van der Waals surface area contributed by atoms with E-state index in [9.17, 15) is 0 Å². The molecule has 4 aromatic rings. The number of hydrogen-bond donors (Lipinski definition) is 0. The van der Waals surface area contributed by atoms with Crippen LogP contribution in [0.1, 0.15) is 0 Å². The molecule has 0 radical (unpaired) electrons. The number of rotatable bonds is 7. The third-order valence-corrected chi connectivity index (χ3v) is 8.59. The van der Waals surface area contributed by atoms with Gasteiger partial charge in [-0.3, -0.25) is 0 Å². The summed E-state index contributed by atoms with van der Waals surface area (Å²) in [6.45, 7) is 2.80. The minimum absolute atomic E-state index is 0.236. The van der Waals surface area contributed by atoms with Crippen molar-refractivity contribution in [1.29, 1.82) is 0 Å². The molecular formula is C26H24IO4P3. The average molecular weight is 620 g/mol.